The number of hydrogen-bond donors (Lipinski definition) is 2. The van der Waals surface area contributed by atoms with Gasteiger partial charge in [-0.15, -0.1) is 0 Å². The fraction of sp³-hybridized carbons (Fsp3) is 0.667. The molecule has 1 saturated carbocycles. The van der Waals surface area contributed by atoms with Crippen LogP contribution in [0.5, 0.6) is 0 Å². The zero-order chi connectivity index (χ0) is 14.5. The molecule has 1 aliphatic rings. The molecule has 1 aliphatic carbocycles. The lowest BCUT2D eigenvalue weighted by Gasteiger charge is -2.31. The number of aliphatic hydroxyl groups excluding tert-OH is 1. The summed E-state index contributed by atoms with van der Waals surface area (Å²) in [6, 6.07) is 3.36. The summed E-state index contributed by atoms with van der Waals surface area (Å²) in [5.74, 6) is 0.933. The highest BCUT2D eigenvalue weighted by Gasteiger charge is 2.26. The minimum atomic E-state index is -0.276. The Morgan fingerprint density at radius 3 is 2.95 bits per heavy atom. The van der Waals surface area contributed by atoms with E-state index in [4.69, 9.17) is 4.42 Å². The molecular formula is C15H24N2O3. The molecular weight excluding hydrogens is 256 g/mol. The van der Waals surface area contributed by atoms with Crippen molar-refractivity contribution in [2.45, 2.75) is 44.8 Å². The van der Waals surface area contributed by atoms with Gasteiger partial charge in [0.2, 0.25) is 0 Å². The van der Waals surface area contributed by atoms with Crippen LogP contribution in [0.2, 0.25) is 0 Å². The average molecular weight is 280 g/mol. The van der Waals surface area contributed by atoms with Gasteiger partial charge in [0.1, 0.15) is 5.76 Å². The number of furan rings is 1. The summed E-state index contributed by atoms with van der Waals surface area (Å²) in [7, 11) is 1.77. The van der Waals surface area contributed by atoms with Gasteiger partial charge in [-0.1, -0.05) is 12.8 Å². The first-order chi connectivity index (χ1) is 9.58. The molecule has 2 amide bonds. The molecule has 0 unspecified atom stereocenters. The van der Waals surface area contributed by atoms with Crippen LogP contribution in [0.4, 0.5) is 4.79 Å². The molecule has 0 radical (unpaired) electrons. The van der Waals surface area contributed by atoms with Crippen molar-refractivity contribution in [1.29, 1.82) is 0 Å². The fourth-order valence-corrected chi connectivity index (χ4v) is 2.74. The van der Waals surface area contributed by atoms with Crippen molar-refractivity contribution >= 4 is 6.03 Å². The molecule has 2 rings (SSSR count). The van der Waals surface area contributed by atoms with Crippen LogP contribution in [0.3, 0.4) is 0 Å². The quantitative estimate of drug-likeness (QED) is 0.890. The third-order valence-corrected chi connectivity index (χ3v) is 4.03. The van der Waals surface area contributed by atoms with E-state index >= 15 is 0 Å². The van der Waals surface area contributed by atoms with E-state index in [1.165, 1.54) is 0 Å². The Labute approximate surface area is 119 Å². The van der Waals surface area contributed by atoms with Crippen molar-refractivity contribution in [2.24, 2.45) is 5.92 Å². The SMILES string of the molecule is C[C@H](NC(=O)N(C)C[C@@H]1CCCC[C@H]1O)c1ccco1. The number of nitrogens with zero attached hydrogens (tertiary/aromatic N) is 1. The van der Waals surface area contributed by atoms with E-state index < -0.39 is 0 Å². The van der Waals surface area contributed by atoms with Gasteiger partial charge in [-0.2, -0.15) is 0 Å². The maximum absolute atomic E-state index is 12.1. The summed E-state index contributed by atoms with van der Waals surface area (Å²) in [5.41, 5.74) is 0. The first kappa shape index (κ1) is 14.9. The third-order valence-electron chi connectivity index (χ3n) is 4.03. The predicted molar refractivity (Wildman–Crippen MR) is 76.2 cm³/mol. The second kappa shape index (κ2) is 6.79. The van der Waals surface area contributed by atoms with Gasteiger partial charge in [-0.3, -0.25) is 0 Å². The topological polar surface area (TPSA) is 65.7 Å². The number of hydrogen-bond acceptors (Lipinski definition) is 3. The maximum Gasteiger partial charge on any atom is 0.317 e. The lowest BCUT2D eigenvalue weighted by atomic mass is 9.86. The number of carbonyl (C=O) groups is 1. The minimum absolute atomic E-state index is 0.133. The van der Waals surface area contributed by atoms with Crippen LogP contribution in [0.15, 0.2) is 22.8 Å². The molecule has 0 saturated heterocycles. The number of rotatable bonds is 4. The van der Waals surface area contributed by atoms with E-state index in [1.807, 2.05) is 13.0 Å². The summed E-state index contributed by atoms with van der Waals surface area (Å²) >= 11 is 0. The van der Waals surface area contributed by atoms with Crippen molar-refractivity contribution in [1.82, 2.24) is 10.2 Å². The Hall–Kier alpha value is -1.49. The molecule has 2 N–H and O–H groups in total. The molecule has 0 aromatic carbocycles. The van der Waals surface area contributed by atoms with E-state index in [1.54, 1.807) is 24.3 Å². The van der Waals surface area contributed by atoms with Crippen molar-refractivity contribution in [3.63, 3.8) is 0 Å². The molecule has 0 spiro atoms. The fourth-order valence-electron chi connectivity index (χ4n) is 2.74. The highest BCUT2D eigenvalue weighted by atomic mass is 16.3. The van der Waals surface area contributed by atoms with Crippen LogP contribution in [-0.4, -0.2) is 35.7 Å². The van der Waals surface area contributed by atoms with Crippen molar-refractivity contribution in [3.05, 3.63) is 24.2 Å². The number of aliphatic hydroxyl groups is 1. The standard InChI is InChI=1S/C15H24N2O3/c1-11(14-8-5-9-20-14)16-15(19)17(2)10-12-6-3-4-7-13(12)18/h5,8-9,11-13,18H,3-4,6-7,10H2,1-2H3,(H,16,19)/t11-,12-,13+/m0/s1. The molecule has 5 heteroatoms. The van der Waals surface area contributed by atoms with Crippen LogP contribution in [0.1, 0.15) is 44.4 Å². The third kappa shape index (κ3) is 3.76. The van der Waals surface area contributed by atoms with E-state index in [2.05, 4.69) is 5.32 Å². The summed E-state index contributed by atoms with van der Waals surface area (Å²) in [5, 5.41) is 12.9. The van der Waals surface area contributed by atoms with Crippen molar-refractivity contribution in [2.75, 3.05) is 13.6 Å². The highest BCUT2D eigenvalue weighted by molar-refractivity contribution is 5.74. The molecule has 5 nitrogen and oxygen atoms in total. The predicted octanol–water partition coefficient (Wildman–Crippen LogP) is 2.53. The van der Waals surface area contributed by atoms with Crippen LogP contribution in [-0.2, 0) is 0 Å². The molecule has 1 aromatic heterocycles. The summed E-state index contributed by atoms with van der Waals surface area (Å²) in [6.07, 6.45) is 5.39. The summed E-state index contributed by atoms with van der Waals surface area (Å²) < 4.78 is 5.27. The Morgan fingerprint density at radius 2 is 2.30 bits per heavy atom. The first-order valence-electron chi connectivity index (χ1n) is 7.31. The zero-order valence-electron chi connectivity index (χ0n) is 12.2. The number of nitrogens with one attached hydrogen (secondary N) is 1. The highest BCUT2D eigenvalue weighted by Crippen LogP contribution is 2.25. The lowest BCUT2D eigenvalue weighted by Crippen LogP contribution is -2.43. The van der Waals surface area contributed by atoms with Crippen LogP contribution in [0.25, 0.3) is 0 Å². The number of carbonyl (C=O) groups excluding carboxylic acids is 1. The van der Waals surface area contributed by atoms with Gasteiger partial charge in [0.25, 0.3) is 0 Å². The second-order valence-electron chi connectivity index (χ2n) is 5.68. The smallest absolute Gasteiger partial charge is 0.317 e. The molecule has 112 valence electrons. The first-order valence-corrected chi connectivity index (χ1v) is 7.31. The van der Waals surface area contributed by atoms with Crippen LogP contribution >= 0.6 is 0 Å². The Morgan fingerprint density at radius 1 is 1.55 bits per heavy atom. The van der Waals surface area contributed by atoms with E-state index in [0.717, 1.165) is 31.4 Å². The molecule has 1 fully saturated rings. The monoisotopic (exact) mass is 280 g/mol. The second-order valence-corrected chi connectivity index (χ2v) is 5.68. The maximum atomic E-state index is 12.1. The van der Waals surface area contributed by atoms with Gasteiger partial charge in [-0.25, -0.2) is 4.79 Å². The summed E-state index contributed by atoms with van der Waals surface area (Å²) in [4.78, 5) is 13.8. The summed E-state index contributed by atoms with van der Waals surface area (Å²) in [6.45, 7) is 2.48. The zero-order valence-corrected chi connectivity index (χ0v) is 12.2. The molecule has 1 heterocycles. The van der Waals surface area contributed by atoms with Gasteiger partial charge >= 0.3 is 6.03 Å². The largest absolute Gasteiger partial charge is 0.467 e. The van der Waals surface area contributed by atoms with Crippen molar-refractivity contribution in [3.8, 4) is 0 Å². The Bertz CT molecular complexity index is 419. The van der Waals surface area contributed by atoms with E-state index in [9.17, 15) is 9.90 Å². The molecule has 0 bridgehead atoms. The van der Waals surface area contributed by atoms with Gasteiger partial charge in [0.05, 0.1) is 18.4 Å². The average Bonchev–Trinajstić information content (AvgIpc) is 2.95. The number of amides is 2. The Balaban J connectivity index is 1.82. The normalized spacial score (nSPS) is 24.1. The molecule has 0 aliphatic heterocycles. The van der Waals surface area contributed by atoms with E-state index in [-0.39, 0.29) is 24.1 Å². The van der Waals surface area contributed by atoms with Gasteiger partial charge < -0.3 is 19.7 Å². The van der Waals surface area contributed by atoms with Gasteiger partial charge in [0.15, 0.2) is 0 Å². The van der Waals surface area contributed by atoms with E-state index in [0.29, 0.717) is 6.54 Å². The molecule has 1 aromatic rings. The molecule has 3 atom stereocenters. The minimum Gasteiger partial charge on any atom is -0.467 e. The van der Waals surface area contributed by atoms with Crippen molar-refractivity contribution < 1.29 is 14.3 Å². The Kier molecular flexibility index (Phi) is 5.06. The van der Waals surface area contributed by atoms with Gasteiger partial charge in [0, 0.05) is 19.5 Å². The van der Waals surface area contributed by atoms with Gasteiger partial charge in [-0.05, 0) is 31.9 Å². The molecule has 20 heavy (non-hydrogen) atoms. The number of urea groups is 1. The lowest BCUT2D eigenvalue weighted by molar-refractivity contribution is 0.0562. The van der Waals surface area contributed by atoms with Crippen LogP contribution in [0, 0.1) is 5.92 Å². The van der Waals surface area contributed by atoms with Crippen LogP contribution < -0.4 is 5.32 Å².